The number of rotatable bonds is 8. The number of nitrogens with zero attached hydrogens (tertiary/aromatic N) is 2. The summed E-state index contributed by atoms with van der Waals surface area (Å²) in [7, 11) is 3.45. The fourth-order valence-electron chi connectivity index (χ4n) is 2.42. The monoisotopic (exact) mass is 269 g/mol. The Bertz CT molecular complexity index is 294. The number of likely N-dealkylation sites (tertiary alicyclic amines) is 1. The van der Waals surface area contributed by atoms with E-state index in [9.17, 15) is 5.26 Å². The third kappa shape index (κ3) is 4.73. The van der Waals surface area contributed by atoms with E-state index in [2.05, 4.69) is 23.2 Å². The normalized spacial score (nSPS) is 27.1. The Morgan fingerprint density at radius 1 is 1.32 bits per heavy atom. The predicted octanol–water partition coefficient (Wildman–Crippen LogP) is 1.00. The van der Waals surface area contributed by atoms with Crippen molar-refractivity contribution in [3.8, 4) is 6.07 Å². The fourth-order valence-corrected chi connectivity index (χ4v) is 2.42. The molecule has 1 rings (SSSR count). The Morgan fingerprint density at radius 2 is 1.89 bits per heavy atom. The van der Waals surface area contributed by atoms with E-state index >= 15 is 0 Å². The van der Waals surface area contributed by atoms with Gasteiger partial charge in [-0.1, -0.05) is 6.92 Å². The van der Waals surface area contributed by atoms with Crippen molar-refractivity contribution in [1.82, 2.24) is 10.2 Å². The predicted molar refractivity (Wildman–Crippen MR) is 75.0 cm³/mol. The van der Waals surface area contributed by atoms with Gasteiger partial charge in [0, 0.05) is 33.9 Å². The molecule has 1 heterocycles. The summed E-state index contributed by atoms with van der Waals surface area (Å²) < 4.78 is 10.8. The van der Waals surface area contributed by atoms with Crippen molar-refractivity contribution in [2.45, 2.75) is 44.4 Å². The first kappa shape index (κ1) is 16.4. The number of nitriles is 1. The van der Waals surface area contributed by atoms with Crippen LogP contribution in [0.15, 0.2) is 0 Å². The van der Waals surface area contributed by atoms with Crippen LogP contribution >= 0.6 is 0 Å². The van der Waals surface area contributed by atoms with Gasteiger partial charge < -0.3 is 9.47 Å². The highest BCUT2D eigenvalue weighted by Gasteiger charge is 2.34. The molecule has 0 aliphatic carbocycles. The minimum Gasteiger partial charge on any atom is -0.377 e. The zero-order chi connectivity index (χ0) is 14.3. The number of hydrogen-bond donors (Lipinski definition) is 1. The third-order valence-corrected chi connectivity index (χ3v) is 3.84. The van der Waals surface area contributed by atoms with E-state index in [0.717, 1.165) is 39.0 Å². The van der Waals surface area contributed by atoms with Crippen LogP contribution in [0.25, 0.3) is 0 Å². The zero-order valence-electron chi connectivity index (χ0n) is 12.6. The Hall–Kier alpha value is -0.670. The van der Waals surface area contributed by atoms with Gasteiger partial charge in [0.25, 0.3) is 0 Å². The first-order valence-corrected chi connectivity index (χ1v) is 7.02. The summed E-state index contributed by atoms with van der Waals surface area (Å²) in [4.78, 5) is 2.31. The maximum Gasteiger partial charge on any atom is 0.105 e. The van der Waals surface area contributed by atoms with Crippen LogP contribution in [0, 0.1) is 11.3 Å². The van der Waals surface area contributed by atoms with Crippen molar-refractivity contribution in [3.63, 3.8) is 0 Å². The summed E-state index contributed by atoms with van der Waals surface area (Å²) >= 11 is 0. The Morgan fingerprint density at radius 3 is 2.32 bits per heavy atom. The van der Waals surface area contributed by atoms with E-state index in [4.69, 9.17) is 9.47 Å². The lowest BCUT2D eigenvalue weighted by Crippen LogP contribution is -2.44. The number of methoxy groups -OCH3 is 2. The van der Waals surface area contributed by atoms with E-state index in [1.807, 2.05) is 6.92 Å². The van der Waals surface area contributed by atoms with Gasteiger partial charge in [0.1, 0.15) is 5.54 Å². The second kappa shape index (κ2) is 7.81. The van der Waals surface area contributed by atoms with Crippen molar-refractivity contribution >= 4 is 0 Å². The molecule has 0 bridgehead atoms. The lowest BCUT2D eigenvalue weighted by Gasteiger charge is -2.26. The summed E-state index contributed by atoms with van der Waals surface area (Å²) in [6.07, 6.45) is 2.14. The second-order valence-corrected chi connectivity index (χ2v) is 5.43. The molecule has 0 saturated carbocycles. The highest BCUT2D eigenvalue weighted by molar-refractivity contribution is 5.04. The molecule has 0 amide bonds. The van der Waals surface area contributed by atoms with Gasteiger partial charge in [-0.2, -0.15) is 5.26 Å². The molecule has 0 aromatic rings. The van der Waals surface area contributed by atoms with Gasteiger partial charge in [0.2, 0.25) is 0 Å². The molecule has 3 atom stereocenters. The van der Waals surface area contributed by atoms with Crippen LogP contribution in [0.1, 0.15) is 26.7 Å². The molecular weight excluding hydrogens is 242 g/mol. The summed E-state index contributed by atoms with van der Waals surface area (Å²) in [5, 5.41) is 12.6. The summed E-state index contributed by atoms with van der Waals surface area (Å²) in [6.45, 7) is 7.61. The first-order chi connectivity index (χ1) is 9.08. The van der Waals surface area contributed by atoms with Crippen molar-refractivity contribution < 1.29 is 9.47 Å². The molecule has 1 aliphatic heterocycles. The molecule has 1 saturated heterocycles. The Balaban J connectivity index is 2.42. The summed E-state index contributed by atoms with van der Waals surface area (Å²) in [6, 6.07) is 2.39. The molecule has 0 spiro atoms. The summed E-state index contributed by atoms with van der Waals surface area (Å²) in [5.41, 5.74) is -0.441. The highest BCUT2D eigenvalue weighted by Crippen LogP contribution is 2.18. The van der Waals surface area contributed by atoms with Crippen LogP contribution in [-0.2, 0) is 9.47 Å². The van der Waals surface area contributed by atoms with Crippen LogP contribution in [0.3, 0.4) is 0 Å². The quantitative estimate of drug-likeness (QED) is 0.712. The van der Waals surface area contributed by atoms with Gasteiger partial charge in [-0.25, -0.2) is 0 Å². The lowest BCUT2D eigenvalue weighted by molar-refractivity contribution is -0.00461. The van der Waals surface area contributed by atoms with Crippen molar-refractivity contribution in [3.05, 3.63) is 0 Å². The molecule has 0 aromatic heterocycles. The zero-order valence-corrected chi connectivity index (χ0v) is 12.6. The van der Waals surface area contributed by atoms with E-state index in [1.165, 1.54) is 0 Å². The number of hydrogen-bond acceptors (Lipinski definition) is 5. The molecule has 0 aromatic carbocycles. The molecular formula is C14H27N3O2. The average molecular weight is 269 g/mol. The third-order valence-electron chi connectivity index (χ3n) is 3.84. The van der Waals surface area contributed by atoms with Gasteiger partial charge in [0.05, 0.1) is 18.3 Å². The molecule has 1 fully saturated rings. The minimum absolute atomic E-state index is 0.141. The SMILES string of the molecule is CCCNC(C)(C#N)CCN1CC(OC)C(OC)C1. The lowest BCUT2D eigenvalue weighted by atomic mass is 9.99. The van der Waals surface area contributed by atoms with Crippen LogP contribution in [-0.4, -0.2) is 63.0 Å². The van der Waals surface area contributed by atoms with Gasteiger partial charge in [-0.05, 0) is 26.3 Å². The molecule has 3 unspecified atom stereocenters. The molecule has 5 heteroatoms. The number of ether oxygens (including phenoxy) is 2. The molecule has 1 aliphatic rings. The summed E-state index contributed by atoms with van der Waals surface area (Å²) in [5.74, 6) is 0. The number of nitrogens with one attached hydrogen (secondary N) is 1. The molecule has 5 nitrogen and oxygen atoms in total. The minimum atomic E-state index is -0.441. The van der Waals surface area contributed by atoms with Crippen LogP contribution in [0.2, 0.25) is 0 Å². The average Bonchev–Trinajstić information content (AvgIpc) is 2.85. The van der Waals surface area contributed by atoms with E-state index in [1.54, 1.807) is 14.2 Å². The topological polar surface area (TPSA) is 57.5 Å². The van der Waals surface area contributed by atoms with Crippen LogP contribution in [0.5, 0.6) is 0 Å². The molecule has 110 valence electrons. The van der Waals surface area contributed by atoms with Crippen molar-refractivity contribution in [1.29, 1.82) is 5.26 Å². The highest BCUT2D eigenvalue weighted by atomic mass is 16.5. The standard InChI is InChI=1S/C14H27N3O2/c1-5-7-16-14(2,11-15)6-8-17-9-12(18-3)13(10-17)19-4/h12-13,16H,5-10H2,1-4H3. The first-order valence-electron chi connectivity index (χ1n) is 7.02. The second-order valence-electron chi connectivity index (χ2n) is 5.43. The van der Waals surface area contributed by atoms with Gasteiger partial charge in [-0.3, -0.25) is 10.2 Å². The largest absolute Gasteiger partial charge is 0.377 e. The van der Waals surface area contributed by atoms with Gasteiger partial charge in [0.15, 0.2) is 0 Å². The Kier molecular flexibility index (Phi) is 6.73. The van der Waals surface area contributed by atoms with Gasteiger partial charge in [-0.15, -0.1) is 0 Å². The van der Waals surface area contributed by atoms with E-state index in [-0.39, 0.29) is 12.2 Å². The molecule has 19 heavy (non-hydrogen) atoms. The molecule has 0 radical (unpaired) electrons. The van der Waals surface area contributed by atoms with Crippen LogP contribution in [0.4, 0.5) is 0 Å². The van der Waals surface area contributed by atoms with Gasteiger partial charge >= 0.3 is 0 Å². The maximum absolute atomic E-state index is 9.30. The van der Waals surface area contributed by atoms with E-state index in [0.29, 0.717) is 0 Å². The molecule has 1 N–H and O–H groups in total. The van der Waals surface area contributed by atoms with Crippen LogP contribution < -0.4 is 5.32 Å². The maximum atomic E-state index is 9.30. The fraction of sp³-hybridized carbons (Fsp3) is 0.929. The Labute approximate surface area is 116 Å². The van der Waals surface area contributed by atoms with Crippen molar-refractivity contribution in [2.75, 3.05) is 40.4 Å². The van der Waals surface area contributed by atoms with E-state index < -0.39 is 5.54 Å². The van der Waals surface area contributed by atoms with Crippen molar-refractivity contribution in [2.24, 2.45) is 0 Å². The smallest absolute Gasteiger partial charge is 0.105 e.